The van der Waals surface area contributed by atoms with Crippen LogP contribution in [0.5, 0.6) is 5.75 Å². The van der Waals surface area contributed by atoms with E-state index in [1.165, 1.54) is 0 Å². The van der Waals surface area contributed by atoms with Crippen molar-refractivity contribution in [1.29, 1.82) is 0 Å². The summed E-state index contributed by atoms with van der Waals surface area (Å²) in [5, 5.41) is 29.0. The lowest BCUT2D eigenvalue weighted by Crippen LogP contribution is -2.30. The average Bonchev–Trinajstić information content (AvgIpc) is 2.28. The lowest BCUT2D eigenvalue weighted by molar-refractivity contribution is -0.146. The number of phenolic OH excluding ortho intramolecular Hbond substituents is 1. The fourth-order valence-electron chi connectivity index (χ4n) is 1.24. The number of phenols is 1. The van der Waals surface area contributed by atoms with Gasteiger partial charge in [0.15, 0.2) is 6.10 Å². The van der Waals surface area contributed by atoms with E-state index in [1.807, 2.05) is 0 Å². The zero-order valence-electron chi connectivity index (χ0n) is 9.26. The third kappa shape index (κ3) is 3.70. The first kappa shape index (κ1) is 13.9. The molecule has 0 aromatic heterocycles. The molecule has 0 fully saturated rings. The zero-order valence-corrected chi connectivity index (χ0v) is 9.26. The van der Waals surface area contributed by atoms with E-state index in [4.69, 9.17) is 10.2 Å². The fraction of sp³-hybridized carbons (Fsp3) is 0.273. The number of carbonyl (C=O) groups is 2. The highest BCUT2D eigenvalue weighted by atomic mass is 19.1. The van der Waals surface area contributed by atoms with Crippen molar-refractivity contribution >= 4 is 11.9 Å². The van der Waals surface area contributed by atoms with Crippen molar-refractivity contribution in [2.75, 3.05) is 6.54 Å². The van der Waals surface area contributed by atoms with Crippen molar-refractivity contribution in [3.8, 4) is 5.75 Å². The maximum atomic E-state index is 12.7. The lowest BCUT2D eigenvalue weighted by Gasteiger charge is -2.08. The van der Waals surface area contributed by atoms with Crippen molar-refractivity contribution in [3.05, 3.63) is 29.6 Å². The Labute approximate surface area is 102 Å². The average molecular weight is 257 g/mol. The number of aliphatic carboxylic acids is 1. The van der Waals surface area contributed by atoms with Crippen LogP contribution >= 0.6 is 0 Å². The van der Waals surface area contributed by atoms with E-state index in [9.17, 15) is 19.1 Å². The zero-order chi connectivity index (χ0) is 13.7. The Kier molecular flexibility index (Phi) is 4.61. The Morgan fingerprint density at radius 1 is 1.39 bits per heavy atom. The van der Waals surface area contributed by atoms with Crippen molar-refractivity contribution in [3.63, 3.8) is 0 Å². The Morgan fingerprint density at radius 3 is 2.61 bits per heavy atom. The summed E-state index contributed by atoms with van der Waals surface area (Å²) in [6.07, 6.45) is -1.73. The number of benzene rings is 1. The predicted molar refractivity (Wildman–Crippen MR) is 58.7 cm³/mol. The van der Waals surface area contributed by atoms with Gasteiger partial charge in [0.05, 0.1) is 5.56 Å². The molecule has 0 saturated heterocycles. The van der Waals surface area contributed by atoms with Gasteiger partial charge in [-0.15, -0.1) is 0 Å². The highest BCUT2D eigenvalue weighted by molar-refractivity contribution is 5.96. The van der Waals surface area contributed by atoms with Crippen LogP contribution in [0.15, 0.2) is 18.2 Å². The normalized spacial score (nSPS) is 11.9. The second-order valence-corrected chi connectivity index (χ2v) is 3.56. The summed E-state index contributed by atoms with van der Waals surface area (Å²) in [6.45, 7) is -0.0802. The monoisotopic (exact) mass is 257 g/mol. The Hall–Kier alpha value is -2.15. The maximum absolute atomic E-state index is 12.7. The van der Waals surface area contributed by atoms with E-state index in [-0.39, 0.29) is 18.5 Å². The molecule has 0 radical (unpaired) electrons. The number of aromatic hydroxyl groups is 1. The number of carbonyl (C=O) groups excluding carboxylic acids is 1. The number of carboxylic acids is 1. The molecule has 0 spiro atoms. The van der Waals surface area contributed by atoms with Gasteiger partial charge in [0.2, 0.25) is 0 Å². The molecule has 1 rings (SSSR count). The number of aliphatic hydroxyl groups excluding tert-OH is 1. The molecule has 0 aliphatic rings. The third-order valence-corrected chi connectivity index (χ3v) is 2.19. The van der Waals surface area contributed by atoms with Crippen molar-refractivity contribution in [2.24, 2.45) is 0 Å². The lowest BCUT2D eigenvalue weighted by atomic mass is 10.1. The number of halogens is 1. The predicted octanol–water partition coefficient (Wildman–Crippen LogP) is 0.0967. The van der Waals surface area contributed by atoms with E-state index < -0.39 is 29.5 Å². The van der Waals surface area contributed by atoms with E-state index in [1.54, 1.807) is 0 Å². The molecular weight excluding hydrogens is 245 g/mol. The van der Waals surface area contributed by atoms with Crippen LogP contribution in [0.25, 0.3) is 0 Å². The van der Waals surface area contributed by atoms with Gasteiger partial charge in [-0.3, -0.25) is 4.79 Å². The number of nitrogens with one attached hydrogen (secondary N) is 1. The number of aliphatic hydroxyl groups is 1. The van der Waals surface area contributed by atoms with Gasteiger partial charge in [0.1, 0.15) is 11.6 Å². The largest absolute Gasteiger partial charge is 0.507 e. The molecule has 0 saturated carbocycles. The summed E-state index contributed by atoms with van der Waals surface area (Å²) in [5.74, 6) is -3.24. The summed E-state index contributed by atoms with van der Waals surface area (Å²) in [4.78, 5) is 21.8. The minimum atomic E-state index is -1.56. The van der Waals surface area contributed by atoms with Gasteiger partial charge < -0.3 is 20.6 Å². The van der Waals surface area contributed by atoms with Gasteiger partial charge >= 0.3 is 5.97 Å². The van der Waals surface area contributed by atoms with Crippen LogP contribution in [0.4, 0.5) is 4.39 Å². The van der Waals surface area contributed by atoms with Gasteiger partial charge in [0.25, 0.3) is 5.91 Å². The van der Waals surface area contributed by atoms with Crippen LogP contribution in [-0.4, -0.2) is 39.8 Å². The highest BCUT2D eigenvalue weighted by Crippen LogP contribution is 2.17. The minimum Gasteiger partial charge on any atom is -0.507 e. The van der Waals surface area contributed by atoms with E-state index in [2.05, 4.69) is 5.32 Å². The third-order valence-electron chi connectivity index (χ3n) is 2.19. The molecule has 18 heavy (non-hydrogen) atoms. The molecule has 1 atom stereocenters. The first-order valence-electron chi connectivity index (χ1n) is 5.09. The van der Waals surface area contributed by atoms with Crippen molar-refractivity contribution in [2.45, 2.75) is 12.5 Å². The van der Waals surface area contributed by atoms with Crippen LogP contribution in [0.1, 0.15) is 16.8 Å². The molecule has 1 amide bonds. The summed E-state index contributed by atoms with van der Waals surface area (Å²) < 4.78 is 12.7. The molecule has 0 aliphatic heterocycles. The molecule has 0 heterocycles. The Morgan fingerprint density at radius 2 is 2.06 bits per heavy atom. The van der Waals surface area contributed by atoms with Crippen LogP contribution in [0.3, 0.4) is 0 Å². The first-order valence-corrected chi connectivity index (χ1v) is 5.09. The summed E-state index contributed by atoms with van der Waals surface area (Å²) in [5.41, 5.74) is -0.124. The minimum absolute atomic E-state index is 0.0802. The topological polar surface area (TPSA) is 107 Å². The first-order chi connectivity index (χ1) is 8.41. The molecular formula is C11H12FNO5. The number of hydrogen-bond acceptors (Lipinski definition) is 4. The standard InChI is InChI=1S/C11H12FNO5/c12-6-1-2-7(9(15)5-6)10(16)13-4-3-8(14)11(17)18/h1-2,5,8,14-15H,3-4H2,(H,13,16)(H,17,18)/t8-/m0/s1. The molecule has 4 N–H and O–H groups in total. The van der Waals surface area contributed by atoms with Crippen LogP contribution in [0.2, 0.25) is 0 Å². The molecule has 98 valence electrons. The van der Waals surface area contributed by atoms with Gasteiger partial charge in [-0.1, -0.05) is 0 Å². The van der Waals surface area contributed by atoms with Gasteiger partial charge in [-0.2, -0.15) is 0 Å². The molecule has 7 heteroatoms. The summed E-state index contributed by atoms with van der Waals surface area (Å²) >= 11 is 0. The second kappa shape index (κ2) is 5.97. The van der Waals surface area contributed by atoms with E-state index in [0.29, 0.717) is 0 Å². The van der Waals surface area contributed by atoms with Crippen molar-refractivity contribution in [1.82, 2.24) is 5.32 Å². The molecule has 1 aromatic carbocycles. The number of rotatable bonds is 5. The second-order valence-electron chi connectivity index (χ2n) is 3.56. The van der Waals surface area contributed by atoms with Gasteiger partial charge in [0, 0.05) is 19.0 Å². The Balaban J connectivity index is 2.53. The van der Waals surface area contributed by atoms with E-state index in [0.717, 1.165) is 18.2 Å². The molecule has 0 unspecified atom stereocenters. The smallest absolute Gasteiger partial charge is 0.332 e. The molecule has 0 aliphatic carbocycles. The van der Waals surface area contributed by atoms with Crippen LogP contribution < -0.4 is 5.32 Å². The fourth-order valence-corrected chi connectivity index (χ4v) is 1.24. The molecule has 1 aromatic rings. The Bertz CT molecular complexity index is 463. The maximum Gasteiger partial charge on any atom is 0.332 e. The molecule has 6 nitrogen and oxygen atoms in total. The summed E-state index contributed by atoms with van der Waals surface area (Å²) in [7, 11) is 0. The number of carboxylic acid groups (broad SMARTS) is 1. The SMILES string of the molecule is O=C(NCC[C@H](O)C(=O)O)c1ccc(F)cc1O. The highest BCUT2D eigenvalue weighted by Gasteiger charge is 2.15. The van der Waals surface area contributed by atoms with E-state index >= 15 is 0 Å². The van der Waals surface area contributed by atoms with Gasteiger partial charge in [-0.25, -0.2) is 9.18 Å². The van der Waals surface area contributed by atoms with Gasteiger partial charge in [-0.05, 0) is 12.1 Å². The van der Waals surface area contributed by atoms with Crippen molar-refractivity contribution < 1.29 is 29.3 Å². The number of amides is 1. The van der Waals surface area contributed by atoms with Crippen LogP contribution in [0, 0.1) is 5.82 Å². The number of hydrogen-bond donors (Lipinski definition) is 4. The quantitative estimate of drug-likeness (QED) is 0.598. The summed E-state index contributed by atoms with van der Waals surface area (Å²) in [6, 6.07) is 2.91. The molecule has 0 bridgehead atoms. The van der Waals surface area contributed by atoms with Crippen LogP contribution in [-0.2, 0) is 4.79 Å².